The fourth-order valence-corrected chi connectivity index (χ4v) is 2.60. The van der Waals surface area contributed by atoms with Crippen LogP contribution in [0.25, 0.3) is 0 Å². The number of carbonyl (C=O) groups is 1. The minimum Gasteiger partial charge on any atom is -0.352 e. The number of nitrogens with one attached hydrogen (secondary N) is 1. The van der Waals surface area contributed by atoms with Crippen molar-refractivity contribution < 1.29 is 26.4 Å². The zero-order valence-electron chi connectivity index (χ0n) is 11.0. The fraction of sp³-hybridized carbons (Fsp3) is 0.417. The number of sulfone groups is 1. The summed E-state index contributed by atoms with van der Waals surface area (Å²) in [5.74, 6) is -0.793. The highest BCUT2D eigenvalue weighted by Gasteiger charge is 2.31. The van der Waals surface area contributed by atoms with Crippen molar-refractivity contribution in [1.29, 1.82) is 0 Å². The Morgan fingerprint density at radius 2 is 1.95 bits per heavy atom. The number of hydrogen-bond acceptors (Lipinski definition) is 3. The van der Waals surface area contributed by atoms with Crippen molar-refractivity contribution in [3.8, 4) is 0 Å². The predicted octanol–water partition coefficient (Wildman–Crippen LogP) is 2.63. The first-order chi connectivity index (χ1) is 9.50. The Balaban J connectivity index is 2.74. The van der Waals surface area contributed by atoms with Gasteiger partial charge in [-0.1, -0.05) is 0 Å². The van der Waals surface area contributed by atoms with Crippen LogP contribution in [0.2, 0.25) is 0 Å². The van der Waals surface area contributed by atoms with E-state index >= 15 is 0 Å². The van der Waals surface area contributed by atoms with Crippen LogP contribution in [0, 0.1) is 0 Å². The summed E-state index contributed by atoms with van der Waals surface area (Å²) in [4.78, 5) is 11.8. The summed E-state index contributed by atoms with van der Waals surface area (Å²) in [5, 5.41) is 2.39. The molecule has 21 heavy (non-hydrogen) atoms. The van der Waals surface area contributed by atoms with E-state index in [1.165, 1.54) is 0 Å². The average molecular weight is 388 g/mol. The SMILES string of the molecule is CS(=O)(=O)CCCNC(=O)c1cc(C(F)(F)F)ccc1Br. The van der Waals surface area contributed by atoms with E-state index in [-0.39, 0.29) is 28.8 Å². The number of alkyl halides is 3. The first-order valence-corrected chi connectivity index (χ1v) is 8.69. The Labute approximate surface area is 128 Å². The Morgan fingerprint density at radius 1 is 1.33 bits per heavy atom. The van der Waals surface area contributed by atoms with Crippen LogP contribution < -0.4 is 5.32 Å². The van der Waals surface area contributed by atoms with E-state index in [1.807, 2.05) is 0 Å². The van der Waals surface area contributed by atoms with Gasteiger partial charge in [0.05, 0.1) is 16.9 Å². The van der Waals surface area contributed by atoms with Crippen molar-refractivity contribution in [3.05, 3.63) is 33.8 Å². The van der Waals surface area contributed by atoms with E-state index in [2.05, 4.69) is 21.2 Å². The molecule has 1 rings (SSSR count). The summed E-state index contributed by atoms with van der Waals surface area (Å²) in [6.45, 7) is 0.0641. The van der Waals surface area contributed by atoms with E-state index in [0.717, 1.165) is 24.5 Å². The molecule has 9 heteroatoms. The maximum absolute atomic E-state index is 12.6. The van der Waals surface area contributed by atoms with Gasteiger partial charge in [-0.2, -0.15) is 13.2 Å². The van der Waals surface area contributed by atoms with Gasteiger partial charge in [0.1, 0.15) is 9.84 Å². The molecule has 0 fully saturated rings. The van der Waals surface area contributed by atoms with Gasteiger partial charge in [0, 0.05) is 17.3 Å². The Kier molecular flexibility index (Phi) is 5.80. The average Bonchev–Trinajstić information content (AvgIpc) is 2.32. The van der Waals surface area contributed by atoms with Crippen molar-refractivity contribution in [2.45, 2.75) is 12.6 Å². The highest BCUT2D eigenvalue weighted by atomic mass is 79.9. The van der Waals surface area contributed by atoms with E-state index in [4.69, 9.17) is 0 Å². The van der Waals surface area contributed by atoms with Crippen LogP contribution in [0.5, 0.6) is 0 Å². The van der Waals surface area contributed by atoms with Crippen LogP contribution in [0.1, 0.15) is 22.3 Å². The van der Waals surface area contributed by atoms with Gasteiger partial charge in [-0.3, -0.25) is 4.79 Å². The molecule has 0 aliphatic heterocycles. The highest BCUT2D eigenvalue weighted by molar-refractivity contribution is 9.10. The molecule has 0 saturated carbocycles. The first kappa shape index (κ1) is 18.0. The normalized spacial score (nSPS) is 12.2. The molecule has 1 N–H and O–H groups in total. The van der Waals surface area contributed by atoms with E-state index < -0.39 is 27.5 Å². The largest absolute Gasteiger partial charge is 0.416 e. The van der Waals surface area contributed by atoms with Crippen LogP contribution in [0.15, 0.2) is 22.7 Å². The third-order valence-electron chi connectivity index (χ3n) is 2.52. The minimum atomic E-state index is -4.54. The molecule has 118 valence electrons. The van der Waals surface area contributed by atoms with Crippen LogP contribution in [0.3, 0.4) is 0 Å². The monoisotopic (exact) mass is 387 g/mol. The van der Waals surface area contributed by atoms with Gasteiger partial charge in [-0.05, 0) is 40.5 Å². The minimum absolute atomic E-state index is 0.0641. The molecular formula is C12H13BrF3NO3S. The van der Waals surface area contributed by atoms with Crippen molar-refractivity contribution in [3.63, 3.8) is 0 Å². The lowest BCUT2D eigenvalue weighted by molar-refractivity contribution is -0.137. The standard InChI is InChI=1S/C12H13BrF3NO3S/c1-21(19,20)6-2-5-17-11(18)9-7-8(12(14,15)16)3-4-10(9)13/h3-4,7H,2,5-6H2,1H3,(H,17,18). The lowest BCUT2D eigenvalue weighted by Gasteiger charge is -2.11. The molecule has 0 bridgehead atoms. The van der Waals surface area contributed by atoms with Gasteiger partial charge >= 0.3 is 6.18 Å². The summed E-state index contributed by atoms with van der Waals surface area (Å²) < 4.78 is 59.8. The van der Waals surface area contributed by atoms with Crippen molar-refractivity contribution in [1.82, 2.24) is 5.32 Å². The summed E-state index contributed by atoms with van der Waals surface area (Å²) in [5.41, 5.74) is -1.07. The molecule has 0 aliphatic rings. The van der Waals surface area contributed by atoms with Gasteiger partial charge in [0.25, 0.3) is 5.91 Å². The molecule has 0 saturated heterocycles. The van der Waals surface area contributed by atoms with Crippen molar-refractivity contribution >= 4 is 31.7 Å². The van der Waals surface area contributed by atoms with Gasteiger partial charge in [-0.25, -0.2) is 8.42 Å². The number of benzene rings is 1. The number of carbonyl (C=O) groups excluding carboxylic acids is 1. The first-order valence-electron chi connectivity index (χ1n) is 5.83. The van der Waals surface area contributed by atoms with E-state index in [1.54, 1.807) is 0 Å². The molecule has 0 aromatic heterocycles. The quantitative estimate of drug-likeness (QED) is 0.789. The molecule has 0 unspecified atom stereocenters. The summed E-state index contributed by atoms with van der Waals surface area (Å²) >= 11 is 3.01. The van der Waals surface area contributed by atoms with Gasteiger partial charge < -0.3 is 5.32 Å². The summed E-state index contributed by atoms with van der Waals surface area (Å²) in [6, 6.07) is 2.76. The summed E-state index contributed by atoms with van der Waals surface area (Å²) in [6.07, 6.45) is -3.27. The Hall–Kier alpha value is -1.09. The number of hydrogen-bond donors (Lipinski definition) is 1. The van der Waals surface area contributed by atoms with Crippen molar-refractivity contribution in [2.24, 2.45) is 0 Å². The molecule has 4 nitrogen and oxygen atoms in total. The molecule has 1 aromatic rings. The zero-order valence-corrected chi connectivity index (χ0v) is 13.4. The number of amides is 1. The zero-order chi connectivity index (χ0) is 16.3. The van der Waals surface area contributed by atoms with Gasteiger partial charge in [0.2, 0.25) is 0 Å². The maximum Gasteiger partial charge on any atom is 0.416 e. The molecule has 0 heterocycles. The second-order valence-electron chi connectivity index (χ2n) is 4.43. The predicted molar refractivity (Wildman–Crippen MR) is 75.8 cm³/mol. The van der Waals surface area contributed by atoms with Crippen LogP contribution in [-0.2, 0) is 16.0 Å². The third-order valence-corrected chi connectivity index (χ3v) is 4.24. The van der Waals surface area contributed by atoms with E-state index in [9.17, 15) is 26.4 Å². The molecule has 0 aliphatic carbocycles. The van der Waals surface area contributed by atoms with Crippen LogP contribution in [-0.4, -0.2) is 32.9 Å². The fourth-order valence-electron chi connectivity index (χ4n) is 1.51. The lowest BCUT2D eigenvalue weighted by Crippen LogP contribution is -2.26. The lowest BCUT2D eigenvalue weighted by atomic mass is 10.1. The van der Waals surface area contributed by atoms with Gasteiger partial charge in [0.15, 0.2) is 0 Å². The maximum atomic E-state index is 12.6. The van der Waals surface area contributed by atoms with Gasteiger partial charge in [-0.15, -0.1) is 0 Å². The Bertz CT molecular complexity index is 629. The van der Waals surface area contributed by atoms with Crippen molar-refractivity contribution in [2.75, 3.05) is 18.6 Å². The molecule has 1 amide bonds. The molecule has 0 radical (unpaired) electrons. The second-order valence-corrected chi connectivity index (χ2v) is 7.55. The summed E-state index contributed by atoms with van der Waals surface area (Å²) in [7, 11) is -3.13. The Morgan fingerprint density at radius 3 is 2.48 bits per heavy atom. The molecule has 1 aromatic carbocycles. The molecule has 0 atom stereocenters. The van der Waals surface area contributed by atoms with Crippen LogP contribution in [0.4, 0.5) is 13.2 Å². The highest BCUT2D eigenvalue weighted by Crippen LogP contribution is 2.31. The molecular weight excluding hydrogens is 375 g/mol. The topological polar surface area (TPSA) is 63.2 Å². The second kappa shape index (κ2) is 6.78. The number of halogens is 4. The number of rotatable bonds is 5. The third kappa shape index (κ3) is 6.04. The smallest absolute Gasteiger partial charge is 0.352 e. The van der Waals surface area contributed by atoms with E-state index in [0.29, 0.717) is 0 Å². The molecule has 0 spiro atoms. The van der Waals surface area contributed by atoms with Crippen LogP contribution >= 0.6 is 15.9 Å².